The number of nitrogens with one attached hydrogen (secondary N) is 1. The van der Waals surface area contributed by atoms with Crippen molar-refractivity contribution in [3.63, 3.8) is 0 Å². The lowest BCUT2D eigenvalue weighted by Gasteiger charge is -2.30. The number of fused-ring (bicyclic) bond motifs is 11. The van der Waals surface area contributed by atoms with Crippen molar-refractivity contribution in [2.24, 2.45) is 0 Å². The fourth-order valence-corrected chi connectivity index (χ4v) is 11.4. The smallest absolute Gasteiger partial charge is 0.0555 e. The van der Waals surface area contributed by atoms with Crippen LogP contribution in [0.3, 0.4) is 0 Å². The Hall–Kier alpha value is -6.68. The van der Waals surface area contributed by atoms with Crippen molar-refractivity contribution in [2.45, 2.75) is 31.2 Å². The standard InChI is InChI=1S/C55H40N2S/c1-55(2)47-21-10-8-18-41(47)42-26-25-37(33-48(42)55)56-49-28-23-35(31-45(49)40-20-12-14-34-13-6-7-17-39(34)40)36-24-29-50-46(32-36)53-51(57(50)38-15-4-3-5-16-38)30-27-44-43-19-9-11-22-52(43)58-54(44)53/h3-33,45,49,56H,1-2H3. The highest BCUT2D eigenvalue weighted by Crippen LogP contribution is 2.50. The van der Waals surface area contributed by atoms with Crippen LogP contribution in [0.2, 0.25) is 0 Å². The zero-order valence-electron chi connectivity index (χ0n) is 32.4. The van der Waals surface area contributed by atoms with Gasteiger partial charge in [0.2, 0.25) is 0 Å². The minimum atomic E-state index is -0.0577. The molecule has 12 rings (SSSR count). The number of nitrogens with zero attached hydrogens (tertiary/aromatic N) is 1. The molecule has 0 aliphatic heterocycles. The lowest BCUT2D eigenvalue weighted by atomic mass is 9.81. The Morgan fingerprint density at radius 1 is 0.586 bits per heavy atom. The van der Waals surface area contributed by atoms with E-state index in [0.29, 0.717) is 0 Å². The van der Waals surface area contributed by atoms with Gasteiger partial charge in [0.05, 0.1) is 17.1 Å². The van der Waals surface area contributed by atoms with Gasteiger partial charge in [0, 0.05) is 53.7 Å². The molecule has 2 heterocycles. The maximum atomic E-state index is 4.04. The van der Waals surface area contributed by atoms with E-state index in [1.54, 1.807) is 0 Å². The van der Waals surface area contributed by atoms with Crippen molar-refractivity contribution >= 4 is 75.3 Å². The van der Waals surface area contributed by atoms with Gasteiger partial charge in [-0.3, -0.25) is 0 Å². The summed E-state index contributed by atoms with van der Waals surface area (Å²) in [4.78, 5) is 0. The van der Waals surface area contributed by atoms with Gasteiger partial charge in [-0.25, -0.2) is 0 Å². The van der Waals surface area contributed by atoms with Crippen molar-refractivity contribution in [3.8, 4) is 16.8 Å². The van der Waals surface area contributed by atoms with E-state index in [4.69, 9.17) is 0 Å². The number of allylic oxidation sites excluding steroid dienone is 2. The molecule has 2 aliphatic carbocycles. The minimum Gasteiger partial charge on any atom is -0.378 e. The first-order chi connectivity index (χ1) is 28.5. The van der Waals surface area contributed by atoms with Crippen LogP contribution in [-0.2, 0) is 5.41 Å². The van der Waals surface area contributed by atoms with Crippen LogP contribution in [0.5, 0.6) is 0 Å². The third-order valence-corrected chi connectivity index (χ3v) is 14.2. The SMILES string of the molecule is CC1(C)c2ccccc2-c2ccc(NC3C=CC(c4ccc5c(c4)c4c6sc7ccccc7c6ccc4n5-c4ccccc4)=CC3c3cccc4ccccc34)cc21. The second-order valence-corrected chi connectivity index (χ2v) is 17.6. The quantitative estimate of drug-likeness (QED) is 0.185. The second-order valence-electron chi connectivity index (χ2n) is 16.5. The van der Waals surface area contributed by atoms with Gasteiger partial charge >= 0.3 is 0 Å². The molecule has 2 nitrogen and oxygen atoms in total. The fourth-order valence-electron chi connectivity index (χ4n) is 10.1. The molecule has 0 radical (unpaired) electrons. The van der Waals surface area contributed by atoms with E-state index in [1.807, 2.05) is 11.3 Å². The molecule has 0 saturated carbocycles. The summed E-state index contributed by atoms with van der Waals surface area (Å²) in [7, 11) is 0. The summed E-state index contributed by atoms with van der Waals surface area (Å²) < 4.78 is 5.12. The summed E-state index contributed by atoms with van der Waals surface area (Å²) in [5.74, 6) is 0.0974. The van der Waals surface area contributed by atoms with Crippen LogP contribution in [0.15, 0.2) is 188 Å². The molecule has 0 bridgehead atoms. The minimum absolute atomic E-state index is 0.0568. The molecule has 1 N–H and O–H groups in total. The number of thiophene rings is 1. The molecule has 0 spiro atoms. The normalized spacial score (nSPS) is 17.0. The maximum Gasteiger partial charge on any atom is 0.0555 e. The van der Waals surface area contributed by atoms with E-state index in [0.717, 1.165) is 5.69 Å². The van der Waals surface area contributed by atoms with E-state index >= 15 is 0 Å². The zero-order valence-corrected chi connectivity index (χ0v) is 33.2. The first kappa shape index (κ1) is 33.5. The molecule has 0 amide bonds. The summed E-state index contributed by atoms with van der Waals surface area (Å²) in [6, 6.07) is 62.9. The van der Waals surface area contributed by atoms with Crippen LogP contribution in [0.25, 0.3) is 75.1 Å². The molecule has 2 atom stereocenters. The molecule has 0 fully saturated rings. The summed E-state index contributed by atoms with van der Waals surface area (Å²) in [6.45, 7) is 4.71. The van der Waals surface area contributed by atoms with Crippen molar-refractivity contribution in [2.75, 3.05) is 5.32 Å². The lowest BCUT2D eigenvalue weighted by molar-refractivity contribution is 0.660. The third kappa shape index (κ3) is 4.96. The number of aromatic nitrogens is 1. The Labute approximate surface area is 342 Å². The van der Waals surface area contributed by atoms with Gasteiger partial charge in [-0.15, -0.1) is 11.3 Å². The van der Waals surface area contributed by atoms with Crippen LogP contribution in [0.1, 0.15) is 42.0 Å². The third-order valence-electron chi connectivity index (χ3n) is 12.9. The van der Waals surface area contributed by atoms with Crippen LogP contribution in [0.4, 0.5) is 5.69 Å². The second kappa shape index (κ2) is 12.7. The Morgan fingerprint density at radius 2 is 1.34 bits per heavy atom. The number of anilines is 1. The summed E-state index contributed by atoms with van der Waals surface area (Å²) in [5, 5.41) is 11.9. The van der Waals surface area contributed by atoms with Gasteiger partial charge < -0.3 is 9.88 Å². The molecule has 3 heteroatoms. The van der Waals surface area contributed by atoms with Crippen LogP contribution in [-0.4, -0.2) is 10.6 Å². The highest BCUT2D eigenvalue weighted by molar-refractivity contribution is 7.26. The van der Waals surface area contributed by atoms with E-state index in [9.17, 15) is 0 Å². The molecule has 0 saturated heterocycles. The first-order valence-electron chi connectivity index (χ1n) is 20.3. The summed E-state index contributed by atoms with van der Waals surface area (Å²) in [5.41, 5.74) is 14.0. The molecule has 2 aliphatic rings. The number of para-hydroxylation sites is 1. The molecule has 276 valence electrons. The van der Waals surface area contributed by atoms with Gasteiger partial charge in [-0.05, 0) is 98.3 Å². The molecular formula is C55H40N2S. The summed E-state index contributed by atoms with van der Waals surface area (Å²) in [6.07, 6.45) is 7.26. The number of hydrogen-bond acceptors (Lipinski definition) is 2. The van der Waals surface area contributed by atoms with E-state index in [-0.39, 0.29) is 17.4 Å². The Kier molecular flexibility index (Phi) is 7.30. The maximum absolute atomic E-state index is 4.04. The Morgan fingerprint density at radius 3 is 2.26 bits per heavy atom. The predicted octanol–water partition coefficient (Wildman–Crippen LogP) is 14.8. The summed E-state index contributed by atoms with van der Waals surface area (Å²) >= 11 is 1.91. The van der Waals surface area contributed by atoms with Crippen LogP contribution < -0.4 is 5.32 Å². The molecule has 8 aromatic carbocycles. The molecule has 2 unspecified atom stereocenters. The fraction of sp³-hybridized carbons (Fsp3) is 0.0909. The van der Waals surface area contributed by atoms with E-state index in [1.165, 1.54) is 97.4 Å². The van der Waals surface area contributed by atoms with Gasteiger partial charge in [-0.1, -0.05) is 153 Å². The Bertz CT molecular complexity index is 3350. The van der Waals surface area contributed by atoms with Gasteiger partial charge in [0.1, 0.15) is 0 Å². The predicted molar refractivity (Wildman–Crippen MR) is 249 cm³/mol. The van der Waals surface area contributed by atoms with Crippen molar-refractivity contribution in [1.29, 1.82) is 0 Å². The number of rotatable bonds is 5. The molecule has 10 aromatic rings. The van der Waals surface area contributed by atoms with Gasteiger partial charge in [0.25, 0.3) is 0 Å². The Balaban J connectivity index is 1.01. The van der Waals surface area contributed by atoms with Gasteiger partial charge in [0.15, 0.2) is 0 Å². The highest BCUT2D eigenvalue weighted by Gasteiger charge is 2.35. The van der Waals surface area contributed by atoms with Crippen molar-refractivity contribution in [1.82, 2.24) is 4.57 Å². The van der Waals surface area contributed by atoms with Gasteiger partial charge in [-0.2, -0.15) is 0 Å². The van der Waals surface area contributed by atoms with Crippen LogP contribution in [0, 0.1) is 0 Å². The first-order valence-corrected chi connectivity index (χ1v) is 21.2. The van der Waals surface area contributed by atoms with E-state index < -0.39 is 0 Å². The average Bonchev–Trinajstić information content (AvgIpc) is 3.89. The number of hydrogen-bond donors (Lipinski definition) is 1. The number of benzene rings is 8. The molecule has 58 heavy (non-hydrogen) atoms. The van der Waals surface area contributed by atoms with Crippen LogP contribution >= 0.6 is 11.3 Å². The average molecular weight is 761 g/mol. The van der Waals surface area contributed by atoms with E-state index in [2.05, 4.69) is 212 Å². The topological polar surface area (TPSA) is 17.0 Å². The molecular weight excluding hydrogens is 721 g/mol. The van der Waals surface area contributed by atoms with Crippen molar-refractivity contribution < 1.29 is 0 Å². The monoisotopic (exact) mass is 760 g/mol. The zero-order chi connectivity index (χ0) is 38.5. The lowest BCUT2D eigenvalue weighted by Crippen LogP contribution is -2.27. The largest absolute Gasteiger partial charge is 0.378 e. The van der Waals surface area contributed by atoms with Crippen molar-refractivity contribution in [3.05, 3.63) is 210 Å². The highest BCUT2D eigenvalue weighted by atomic mass is 32.1. The molecule has 2 aromatic heterocycles.